The lowest BCUT2D eigenvalue weighted by molar-refractivity contribution is -0.155. The molecule has 0 fully saturated rings. The van der Waals surface area contributed by atoms with Gasteiger partial charge in [-0.3, -0.25) is 14.6 Å². The van der Waals surface area contributed by atoms with E-state index in [2.05, 4.69) is 32.4 Å². The molecule has 0 spiro atoms. The number of esters is 1. The zero-order valence-corrected chi connectivity index (χ0v) is 24.7. The molecule has 1 aromatic carbocycles. The number of nitrogens with one attached hydrogen (secondary N) is 1. The lowest BCUT2D eigenvalue weighted by atomic mass is 9.87. The first-order valence-corrected chi connectivity index (χ1v) is 14.7. The van der Waals surface area contributed by atoms with E-state index in [1.165, 1.54) is 10.4 Å². The van der Waals surface area contributed by atoms with Gasteiger partial charge in [-0.15, -0.1) is 11.3 Å². The van der Waals surface area contributed by atoms with Crippen LogP contribution >= 0.6 is 11.3 Å². The largest absolute Gasteiger partial charge is 0.492 e. The van der Waals surface area contributed by atoms with Crippen LogP contribution in [-0.2, 0) is 33.7 Å². The van der Waals surface area contributed by atoms with Crippen LogP contribution in [0.3, 0.4) is 0 Å². The van der Waals surface area contributed by atoms with Crippen LogP contribution in [-0.4, -0.2) is 58.8 Å². The van der Waals surface area contributed by atoms with Crippen LogP contribution in [0.4, 0.5) is 11.5 Å². The topological polar surface area (TPSA) is 106 Å². The highest BCUT2D eigenvalue weighted by atomic mass is 32.1. The van der Waals surface area contributed by atoms with Crippen molar-refractivity contribution in [1.29, 1.82) is 0 Å². The van der Waals surface area contributed by atoms with Gasteiger partial charge in [0.1, 0.15) is 28.3 Å². The summed E-state index contributed by atoms with van der Waals surface area (Å²) in [6.07, 6.45) is 6.60. The molecule has 1 atom stereocenters. The minimum atomic E-state index is -0.496. The fraction of sp³-hybridized carbons (Fsp3) is 0.500. The van der Waals surface area contributed by atoms with E-state index in [9.17, 15) is 9.59 Å². The molecule has 212 valence electrons. The zero-order chi connectivity index (χ0) is 28.4. The van der Waals surface area contributed by atoms with E-state index in [1.54, 1.807) is 22.6 Å². The monoisotopic (exact) mass is 563 g/mol. The lowest BCUT2D eigenvalue weighted by Gasteiger charge is -2.27. The van der Waals surface area contributed by atoms with Gasteiger partial charge in [0.2, 0.25) is 5.91 Å². The number of hydrogen-bond donors (Lipinski definition) is 1. The highest BCUT2D eigenvalue weighted by molar-refractivity contribution is 7.19. The van der Waals surface area contributed by atoms with Gasteiger partial charge in [-0.1, -0.05) is 0 Å². The summed E-state index contributed by atoms with van der Waals surface area (Å²) in [5.41, 5.74) is 3.82. The van der Waals surface area contributed by atoms with Gasteiger partial charge in [-0.05, 0) is 82.2 Å². The van der Waals surface area contributed by atoms with E-state index in [4.69, 9.17) is 9.47 Å². The van der Waals surface area contributed by atoms with E-state index in [0.717, 1.165) is 51.4 Å². The Morgan fingerprint density at radius 3 is 2.83 bits per heavy atom. The molecular weight excluding hydrogens is 526 g/mol. The van der Waals surface area contributed by atoms with Crippen molar-refractivity contribution in [2.24, 2.45) is 10.9 Å². The van der Waals surface area contributed by atoms with Crippen molar-refractivity contribution >= 4 is 51.1 Å². The number of anilines is 2. The number of thiophene rings is 1. The third kappa shape index (κ3) is 6.11. The number of amides is 1. The Labute approximate surface area is 239 Å². The second-order valence-electron chi connectivity index (χ2n) is 11.4. The maximum Gasteiger partial charge on any atom is 0.306 e. The lowest BCUT2D eigenvalue weighted by Crippen LogP contribution is -2.36. The molecule has 9 nitrogen and oxygen atoms in total. The normalized spacial score (nSPS) is 16.0. The molecule has 1 aliphatic heterocycles. The summed E-state index contributed by atoms with van der Waals surface area (Å²) in [4.78, 5) is 42.7. The molecule has 0 radical (unpaired) electrons. The van der Waals surface area contributed by atoms with Gasteiger partial charge in [0.15, 0.2) is 0 Å². The van der Waals surface area contributed by atoms with Crippen LogP contribution in [0, 0.1) is 5.92 Å². The number of hydrogen-bond acceptors (Lipinski definition) is 9. The summed E-state index contributed by atoms with van der Waals surface area (Å²) in [5, 5.41) is 4.54. The molecule has 1 aliphatic carbocycles. The third-order valence-corrected chi connectivity index (χ3v) is 8.31. The molecule has 40 heavy (non-hydrogen) atoms. The average Bonchev–Trinajstić information content (AvgIpc) is 3.51. The first-order chi connectivity index (χ1) is 19.1. The molecular formula is C30H37N5O4S. The van der Waals surface area contributed by atoms with Crippen molar-refractivity contribution in [2.75, 3.05) is 25.5 Å². The number of aliphatic imine (C=N–C) groups is 1. The van der Waals surface area contributed by atoms with Crippen LogP contribution in [0.25, 0.3) is 10.2 Å². The molecule has 0 bridgehead atoms. The van der Waals surface area contributed by atoms with E-state index in [0.29, 0.717) is 39.0 Å². The molecule has 3 aromatic rings. The molecule has 1 unspecified atom stereocenters. The molecule has 1 N–H and O–H groups in total. The second kappa shape index (κ2) is 11.5. The Kier molecular flexibility index (Phi) is 8.07. The van der Waals surface area contributed by atoms with Crippen LogP contribution in [0.1, 0.15) is 68.5 Å². The summed E-state index contributed by atoms with van der Waals surface area (Å²) in [6.45, 7) is 9.31. The van der Waals surface area contributed by atoms with Crippen molar-refractivity contribution in [3.8, 4) is 5.75 Å². The Morgan fingerprint density at radius 1 is 1.23 bits per heavy atom. The van der Waals surface area contributed by atoms with Gasteiger partial charge >= 0.3 is 5.97 Å². The summed E-state index contributed by atoms with van der Waals surface area (Å²) >= 11 is 1.64. The molecule has 3 heterocycles. The standard InChI is InChI=1S/C30H37N5O4S/c1-6-38-23-13-20-16-31-15-19(20)12-22(23)34-27-26-21-10-9-18(14-24(21)40-28(26)33-17-32-27)29(37)35(5)11-7-8-25(36)39-30(2,3)4/h12-13,15,17-18H,6-11,14,16H2,1-5H3,(H,32,33,34). The minimum Gasteiger partial charge on any atom is -0.492 e. The third-order valence-electron chi connectivity index (χ3n) is 7.15. The maximum atomic E-state index is 13.3. The first-order valence-electron chi connectivity index (χ1n) is 13.9. The Balaban J connectivity index is 1.29. The van der Waals surface area contributed by atoms with Crippen molar-refractivity contribution in [3.05, 3.63) is 40.0 Å². The highest BCUT2D eigenvalue weighted by Gasteiger charge is 2.31. The minimum absolute atomic E-state index is 0.0861. The van der Waals surface area contributed by atoms with Crippen LogP contribution < -0.4 is 10.1 Å². The average molecular weight is 564 g/mol. The van der Waals surface area contributed by atoms with Gasteiger partial charge in [0.25, 0.3) is 0 Å². The molecule has 5 rings (SSSR count). The number of carbonyl (C=O) groups is 2. The summed E-state index contributed by atoms with van der Waals surface area (Å²) in [6, 6.07) is 4.12. The van der Waals surface area contributed by atoms with Crippen LogP contribution in [0.2, 0.25) is 0 Å². The summed E-state index contributed by atoms with van der Waals surface area (Å²) < 4.78 is 11.3. The molecule has 1 amide bonds. The number of nitrogens with zero attached hydrogens (tertiary/aromatic N) is 4. The fourth-order valence-corrected chi connectivity index (χ4v) is 6.60. The summed E-state index contributed by atoms with van der Waals surface area (Å²) in [5.74, 6) is 1.34. The smallest absolute Gasteiger partial charge is 0.306 e. The molecule has 10 heteroatoms. The van der Waals surface area contributed by atoms with Gasteiger partial charge in [-0.2, -0.15) is 0 Å². The van der Waals surface area contributed by atoms with Gasteiger partial charge < -0.3 is 19.7 Å². The fourth-order valence-electron chi connectivity index (χ4n) is 5.33. The number of aromatic nitrogens is 2. The number of aryl methyl sites for hydroxylation is 1. The Hall–Kier alpha value is -3.53. The Morgan fingerprint density at radius 2 is 2.05 bits per heavy atom. The van der Waals surface area contributed by atoms with Crippen molar-refractivity contribution in [3.63, 3.8) is 0 Å². The number of rotatable bonds is 9. The van der Waals surface area contributed by atoms with Crippen molar-refractivity contribution in [2.45, 2.75) is 71.9 Å². The van der Waals surface area contributed by atoms with Crippen molar-refractivity contribution < 1.29 is 19.1 Å². The SMILES string of the molecule is CCOc1cc2c(cc1Nc1ncnc3sc4c(c13)CCC(C(=O)N(C)CCCC(=O)OC(C)(C)C)C4)C=NC2. The van der Waals surface area contributed by atoms with Gasteiger partial charge in [-0.25, -0.2) is 9.97 Å². The zero-order valence-electron chi connectivity index (χ0n) is 23.9. The van der Waals surface area contributed by atoms with E-state index in [-0.39, 0.29) is 17.8 Å². The number of ether oxygens (including phenoxy) is 2. The van der Waals surface area contributed by atoms with E-state index < -0.39 is 5.60 Å². The van der Waals surface area contributed by atoms with Gasteiger partial charge in [0, 0.05) is 37.0 Å². The van der Waals surface area contributed by atoms with Crippen LogP contribution in [0.5, 0.6) is 5.75 Å². The maximum absolute atomic E-state index is 13.3. The Bertz CT molecular complexity index is 1460. The molecule has 0 saturated heterocycles. The number of carbonyl (C=O) groups excluding carboxylic acids is 2. The van der Waals surface area contributed by atoms with E-state index >= 15 is 0 Å². The molecule has 2 aliphatic rings. The van der Waals surface area contributed by atoms with Crippen LogP contribution in [0.15, 0.2) is 23.5 Å². The number of benzene rings is 1. The summed E-state index contributed by atoms with van der Waals surface area (Å²) in [7, 11) is 1.82. The predicted octanol–water partition coefficient (Wildman–Crippen LogP) is 5.45. The molecule has 2 aromatic heterocycles. The molecule has 0 saturated carbocycles. The second-order valence-corrected chi connectivity index (χ2v) is 12.5. The number of fused-ring (bicyclic) bond motifs is 4. The van der Waals surface area contributed by atoms with Crippen molar-refractivity contribution in [1.82, 2.24) is 14.9 Å². The highest BCUT2D eigenvalue weighted by Crippen LogP contribution is 2.42. The quantitative estimate of drug-likeness (QED) is 0.345. The predicted molar refractivity (Wildman–Crippen MR) is 158 cm³/mol. The van der Waals surface area contributed by atoms with Gasteiger partial charge in [0.05, 0.1) is 24.2 Å². The van der Waals surface area contributed by atoms with E-state index in [1.807, 2.05) is 41.0 Å². The first kappa shape index (κ1) is 28.0.